The summed E-state index contributed by atoms with van der Waals surface area (Å²) in [5.41, 5.74) is 0. The van der Waals surface area contributed by atoms with Gasteiger partial charge in [-0.3, -0.25) is 4.79 Å². The third kappa shape index (κ3) is 2.24. The highest BCUT2D eigenvalue weighted by Crippen LogP contribution is 2.43. The molecule has 0 N–H and O–H groups in total. The maximum absolute atomic E-state index is 11.8. The number of amides is 1. The minimum atomic E-state index is -1.65. The van der Waals surface area contributed by atoms with E-state index >= 15 is 0 Å². The highest BCUT2D eigenvalue weighted by molar-refractivity contribution is 6.79. The molecule has 1 unspecified atom stereocenters. The zero-order chi connectivity index (χ0) is 12.6. The molecule has 0 saturated carbocycles. The Bertz CT molecular complexity index is 302. The van der Waals surface area contributed by atoms with Crippen LogP contribution in [0.25, 0.3) is 0 Å². The van der Waals surface area contributed by atoms with Crippen molar-refractivity contribution in [1.82, 2.24) is 4.57 Å². The standard InChI is InChI=1S/C13H25NOSi/c1-7-8-9-11-10-12(15)14(11)16(5,6)13(2,3)4/h7-8,11H,9-10H2,1-6H3. The highest BCUT2D eigenvalue weighted by Gasteiger charge is 2.51. The van der Waals surface area contributed by atoms with Crippen molar-refractivity contribution >= 4 is 14.1 Å². The Balaban J connectivity index is 2.81. The lowest BCUT2D eigenvalue weighted by atomic mass is 10.0. The second-order valence-electron chi connectivity index (χ2n) is 6.24. The molecule has 0 bridgehead atoms. The van der Waals surface area contributed by atoms with E-state index in [2.05, 4.69) is 50.6 Å². The van der Waals surface area contributed by atoms with E-state index in [-0.39, 0.29) is 5.04 Å². The lowest BCUT2D eigenvalue weighted by Gasteiger charge is -2.55. The molecule has 0 radical (unpaired) electrons. The van der Waals surface area contributed by atoms with Crippen LogP contribution in [-0.4, -0.2) is 24.7 Å². The van der Waals surface area contributed by atoms with Gasteiger partial charge >= 0.3 is 0 Å². The van der Waals surface area contributed by atoms with Gasteiger partial charge in [0.1, 0.15) is 0 Å². The Morgan fingerprint density at radius 2 is 2.00 bits per heavy atom. The fourth-order valence-corrected chi connectivity index (χ4v) is 4.64. The average Bonchev–Trinajstić information content (AvgIpc) is 2.08. The predicted octanol–water partition coefficient (Wildman–Crippen LogP) is 3.56. The fourth-order valence-electron chi connectivity index (χ4n) is 2.09. The fraction of sp³-hybridized carbons (Fsp3) is 0.769. The normalized spacial score (nSPS) is 22.8. The van der Waals surface area contributed by atoms with Crippen LogP contribution in [0.5, 0.6) is 0 Å². The van der Waals surface area contributed by atoms with E-state index in [1.54, 1.807) is 0 Å². The molecule has 1 aliphatic heterocycles. The maximum atomic E-state index is 11.8. The van der Waals surface area contributed by atoms with Crippen molar-refractivity contribution in [2.75, 3.05) is 0 Å². The number of hydrogen-bond donors (Lipinski definition) is 0. The van der Waals surface area contributed by atoms with E-state index in [0.29, 0.717) is 11.9 Å². The number of allylic oxidation sites excluding steroid dienone is 1. The zero-order valence-electron chi connectivity index (χ0n) is 11.5. The third-order valence-electron chi connectivity index (χ3n) is 4.13. The summed E-state index contributed by atoms with van der Waals surface area (Å²) >= 11 is 0. The number of carbonyl (C=O) groups excluding carboxylic acids is 1. The van der Waals surface area contributed by atoms with E-state index in [1.807, 2.05) is 6.92 Å². The minimum Gasteiger partial charge on any atom is -0.366 e. The van der Waals surface area contributed by atoms with E-state index in [9.17, 15) is 4.79 Å². The summed E-state index contributed by atoms with van der Waals surface area (Å²) in [7, 11) is -1.65. The van der Waals surface area contributed by atoms with Crippen LogP contribution in [0, 0.1) is 0 Å². The Morgan fingerprint density at radius 3 is 2.38 bits per heavy atom. The number of β-lactam (4-membered cyclic amide) rings is 1. The monoisotopic (exact) mass is 239 g/mol. The summed E-state index contributed by atoms with van der Waals surface area (Å²) in [5, 5.41) is 0.247. The van der Waals surface area contributed by atoms with Crippen LogP contribution in [-0.2, 0) is 4.79 Å². The zero-order valence-corrected chi connectivity index (χ0v) is 12.5. The first-order valence-electron chi connectivity index (χ1n) is 6.15. The Labute approximate surface area is 101 Å². The lowest BCUT2D eigenvalue weighted by Crippen LogP contribution is -2.67. The van der Waals surface area contributed by atoms with Crippen molar-refractivity contribution in [2.45, 2.75) is 64.7 Å². The molecule has 1 atom stereocenters. The lowest BCUT2D eigenvalue weighted by molar-refractivity contribution is -0.138. The molecule has 0 aromatic rings. The van der Waals surface area contributed by atoms with Crippen molar-refractivity contribution in [2.24, 2.45) is 0 Å². The van der Waals surface area contributed by atoms with E-state index in [4.69, 9.17) is 0 Å². The van der Waals surface area contributed by atoms with Crippen LogP contribution in [0.4, 0.5) is 0 Å². The molecular formula is C13H25NOSi. The molecule has 1 rings (SSSR count). The van der Waals surface area contributed by atoms with Crippen molar-refractivity contribution < 1.29 is 4.79 Å². The quantitative estimate of drug-likeness (QED) is 0.419. The number of nitrogens with zero attached hydrogens (tertiary/aromatic N) is 1. The van der Waals surface area contributed by atoms with Gasteiger partial charge in [0, 0.05) is 12.5 Å². The average molecular weight is 239 g/mol. The molecule has 0 aliphatic carbocycles. The van der Waals surface area contributed by atoms with Crippen LogP contribution < -0.4 is 0 Å². The molecule has 0 aromatic carbocycles. The first kappa shape index (κ1) is 13.5. The third-order valence-corrected chi connectivity index (χ3v) is 9.62. The SMILES string of the molecule is CC=CCC1CC(=O)N1[Si](C)(C)C(C)(C)C. The van der Waals surface area contributed by atoms with Crippen LogP contribution >= 0.6 is 0 Å². The van der Waals surface area contributed by atoms with Gasteiger partial charge in [-0.2, -0.15) is 0 Å². The molecule has 16 heavy (non-hydrogen) atoms. The molecule has 1 amide bonds. The van der Waals surface area contributed by atoms with Gasteiger partial charge in [-0.25, -0.2) is 0 Å². The van der Waals surface area contributed by atoms with Gasteiger partial charge in [0.2, 0.25) is 5.91 Å². The van der Waals surface area contributed by atoms with E-state index in [1.165, 1.54) is 0 Å². The van der Waals surface area contributed by atoms with Crippen molar-refractivity contribution in [3.05, 3.63) is 12.2 Å². The largest absolute Gasteiger partial charge is 0.366 e. The summed E-state index contributed by atoms with van der Waals surface area (Å²) in [6.45, 7) is 13.4. The highest BCUT2D eigenvalue weighted by atomic mass is 28.3. The first-order valence-corrected chi connectivity index (χ1v) is 9.10. The van der Waals surface area contributed by atoms with Crippen LogP contribution in [0.2, 0.25) is 18.1 Å². The molecular weight excluding hydrogens is 214 g/mol. The van der Waals surface area contributed by atoms with Gasteiger partial charge in [-0.1, -0.05) is 46.0 Å². The van der Waals surface area contributed by atoms with Crippen molar-refractivity contribution in [3.8, 4) is 0 Å². The van der Waals surface area contributed by atoms with Crippen molar-refractivity contribution in [3.63, 3.8) is 0 Å². The molecule has 2 nitrogen and oxygen atoms in total. The number of hydrogen-bond acceptors (Lipinski definition) is 1. The Kier molecular flexibility index (Phi) is 3.68. The van der Waals surface area contributed by atoms with Crippen LogP contribution in [0.3, 0.4) is 0 Å². The summed E-state index contributed by atoms with van der Waals surface area (Å²) < 4.78 is 2.22. The van der Waals surface area contributed by atoms with Crippen LogP contribution in [0.15, 0.2) is 12.2 Å². The van der Waals surface area contributed by atoms with Crippen molar-refractivity contribution in [1.29, 1.82) is 0 Å². The van der Waals surface area contributed by atoms with Gasteiger partial charge in [-0.15, -0.1) is 0 Å². The second-order valence-corrected chi connectivity index (χ2v) is 11.3. The molecule has 92 valence electrons. The second kappa shape index (κ2) is 4.36. The maximum Gasteiger partial charge on any atom is 0.216 e. The Morgan fingerprint density at radius 1 is 1.44 bits per heavy atom. The van der Waals surface area contributed by atoms with E-state index < -0.39 is 8.24 Å². The topological polar surface area (TPSA) is 20.3 Å². The molecule has 1 saturated heterocycles. The molecule has 1 aliphatic rings. The number of rotatable bonds is 3. The minimum absolute atomic E-state index is 0.247. The van der Waals surface area contributed by atoms with Gasteiger partial charge in [0.25, 0.3) is 0 Å². The van der Waals surface area contributed by atoms with Crippen LogP contribution in [0.1, 0.15) is 40.5 Å². The van der Waals surface area contributed by atoms with Gasteiger partial charge < -0.3 is 4.57 Å². The summed E-state index contributed by atoms with van der Waals surface area (Å²) in [4.78, 5) is 11.8. The predicted molar refractivity (Wildman–Crippen MR) is 71.9 cm³/mol. The van der Waals surface area contributed by atoms with Gasteiger partial charge in [0.05, 0.1) is 0 Å². The van der Waals surface area contributed by atoms with E-state index in [0.717, 1.165) is 12.8 Å². The summed E-state index contributed by atoms with van der Waals surface area (Å²) in [6, 6.07) is 0.463. The Hall–Kier alpha value is -0.573. The molecule has 0 spiro atoms. The summed E-state index contributed by atoms with van der Waals surface area (Å²) in [6.07, 6.45) is 6.02. The smallest absolute Gasteiger partial charge is 0.216 e. The molecule has 3 heteroatoms. The molecule has 1 fully saturated rings. The first-order chi connectivity index (χ1) is 7.21. The molecule has 0 aromatic heterocycles. The number of carbonyl (C=O) groups is 1. The van der Waals surface area contributed by atoms with Gasteiger partial charge in [-0.05, 0) is 18.4 Å². The molecule has 1 heterocycles. The summed E-state index contributed by atoms with van der Waals surface area (Å²) in [5.74, 6) is 0.362. The van der Waals surface area contributed by atoms with Gasteiger partial charge in [0.15, 0.2) is 8.24 Å².